The number of hydrogen-bond acceptors (Lipinski definition) is 3. The van der Waals surface area contributed by atoms with Gasteiger partial charge in [0, 0.05) is 26.2 Å². The summed E-state index contributed by atoms with van der Waals surface area (Å²) in [6, 6.07) is 6.44. The molecule has 0 aliphatic rings. The quantitative estimate of drug-likeness (QED) is 0.742. The minimum Gasteiger partial charge on any atom is -0.481 e. The number of urea groups is 1. The fourth-order valence-corrected chi connectivity index (χ4v) is 2.55. The van der Waals surface area contributed by atoms with E-state index in [1.165, 1.54) is 18.9 Å². The Morgan fingerprint density at radius 1 is 1.15 bits per heavy atom. The third-order valence-corrected chi connectivity index (χ3v) is 4.06. The highest BCUT2D eigenvalue weighted by Crippen LogP contribution is 2.19. The molecule has 1 rings (SSSR count). The van der Waals surface area contributed by atoms with Crippen LogP contribution in [0.15, 0.2) is 24.3 Å². The maximum atomic E-state index is 12.9. The fourth-order valence-electron chi connectivity index (χ4n) is 2.55. The van der Waals surface area contributed by atoms with Crippen LogP contribution in [0.4, 0.5) is 10.5 Å². The molecule has 0 aliphatic carbocycles. The number of benzene rings is 1. The summed E-state index contributed by atoms with van der Waals surface area (Å²) in [4.78, 5) is 39.3. The standard InChI is InChI=1S/C19H29N3O4/c1-6-11-22(13(2)3)17(23)15-9-7-8-10-16(15)20-19(26)21(5)12-14(4)18(24)25/h7-10,13-14H,6,11-12H2,1-5H3,(H,20,26)(H,24,25). The normalized spacial score (nSPS) is 11.8. The minimum absolute atomic E-state index is 0.0466. The first-order valence-electron chi connectivity index (χ1n) is 8.83. The molecular weight excluding hydrogens is 334 g/mol. The molecule has 0 aliphatic heterocycles. The van der Waals surface area contributed by atoms with Gasteiger partial charge < -0.3 is 20.2 Å². The highest BCUT2D eigenvalue weighted by molar-refractivity contribution is 6.03. The van der Waals surface area contributed by atoms with Crippen LogP contribution in [-0.2, 0) is 4.79 Å². The van der Waals surface area contributed by atoms with E-state index in [0.717, 1.165) is 6.42 Å². The highest BCUT2D eigenvalue weighted by atomic mass is 16.4. The maximum Gasteiger partial charge on any atom is 0.321 e. The second-order valence-electron chi connectivity index (χ2n) is 6.69. The SMILES string of the molecule is CCCN(C(=O)c1ccccc1NC(=O)N(C)CC(C)C(=O)O)C(C)C. The zero-order chi connectivity index (χ0) is 19.9. The van der Waals surface area contributed by atoms with Gasteiger partial charge in [0.05, 0.1) is 17.2 Å². The Morgan fingerprint density at radius 2 is 1.77 bits per heavy atom. The number of carbonyl (C=O) groups is 3. The number of para-hydroxylation sites is 1. The molecule has 26 heavy (non-hydrogen) atoms. The topological polar surface area (TPSA) is 90.0 Å². The zero-order valence-electron chi connectivity index (χ0n) is 16.2. The first kappa shape index (κ1) is 21.5. The lowest BCUT2D eigenvalue weighted by Crippen LogP contribution is -2.39. The van der Waals surface area contributed by atoms with Gasteiger partial charge in [-0.05, 0) is 32.4 Å². The Morgan fingerprint density at radius 3 is 2.31 bits per heavy atom. The Hall–Kier alpha value is -2.57. The van der Waals surface area contributed by atoms with Crippen molar-refractivity contribution >= 4 is 23.6 Å². The molecule has 0 aromatic heterocycles. The first-order valence-corrected chi connectivity index (χ1v) is 8.83. The summed E-state index contributed by atoms with van der Waals surface area (Å²) >= 11 is 0. The van der Waals surface area contributed by atoms with Crippen LogP contribution in [0.25, 0.3) is 0 Å². The molecule has 1 unspecified atom stereocenters. The van der Waals surface area contributed by atoms with Crippen LogP contribution < -0.4 is 5.32 Å². The Kier molecular flexibility index (Phi) is 8.09. The number of rotatable bonds is 8. The molecule has 0 radical (unpaired) electrons. The lowest BCUT2D eigenvalue weighted by molar-refractivity contribution is -0.141. The molecule has 1 aromatic rings. The smallest absolute Gasteiger partial charge is 0.321 e. The van der Waals surface area contributed by atoms with E-state index in [1.54, 1.807) is 29.2 Å². The molecule has 0 spiro atoms. The number of carboxylic acid groups (broad SMARTS) is 1. The number of carboxylic acids is 1. The number of aliphatic carboxylic acids is 1. The summed E-state index contributed by atoms with van der Waals surface area (Å²) in [6.07, 6.45) is 0.842. The second kappa shape index (κ2) is 9.79. The van der Waals surface area contributed by atoms with Crippen LogP contribution in [0.5, 0.6) is 0 Å². The average molecular weight is 363 g/mol. The van der Waals surface area contributed by atoms with E-state index in [1.807, 2.05) is 20.8 Å². The van der Waals surface area contributed by atoms with Gasteiger partial charge in [0.1, 0.15) is 0 Å². The third kappa shape index (κ3) is 5.75. The Bertz CT molecular complexity index is 645. The van der Waals surface area contributed by atoms with E-state index in [4.69, 9.17) is 5.11 Å². The van der Waals surface area contributed by atoms with Crippen LogP contribution in [0.1, 0.15) is 44.5 Å². The van der Waals surface area contributed by atoms with Crippen LogP contribution in [-0.4, -0.2) is 59.0 Å². The van der Waals surface area contributed by atoms with Gasteiger partial charge in [0.15, 0.2) is 0 Å². The van der Waals surface area contributed by atoms with Gasteiger partial charge in [-0.3, -0.25) is 9.59 Å². The summed E-state index contributed by atoms with van der Waals surface area (Å²) in [5, 5.41) is 11.7. The number of nitrogens with zero attached hydrogens (tertiary/aromatic N) is 2. The van der Waals surface area contributed by atoms with Crippen molar-refractivity contribution in [1.29, 1.82) is 0 Å². The minimum atomic E-state index is -0.965. The Labute approximate surface area is 155 Å². The molecule has 1 aromatic carbocycles. The maximum absolute atomic E-state index is 12.9. The molecule has 0 heterocycles. The van der Waals surface area contributed by atoms with Crippen molar-refractivity contribution in [2.75, 3.05) is 25.5 Å². The van der Waals surface area contributed by atoms with Crippen molar-refractivity contribution in [2.45, 2.75) is 40.2 Å². The average Bonchev–Trinajstić information content (AvgIpc) is 2.59. The van der Waals surface area contributed by atoms with Crippen LogP contribution >= 0.6 is 0 Å². The molecule has 144 valence electrons. The van der Waals surface area contributed by atoms with Crippen LogP contribution in [0.3, 0.4) is 0 Å². The lowest BCUT2D eigenvalue weighted by Gasteiger charge is -2.27. The lowest BCUT2D eigenvalue weighted by atomic mass is 10.1. The number of anilines is 1. The highest BCUT2D eigenvalue weighted by Gasteiger charge is 2.23. The number of hydrogen-bond donors (Lipinski definition) is 2. The van der Waals surface area contributed by atoms with E-state index in [-0.39, 0.29) is 18.5 Å². The van der Waals surface area contributed by atoms with Crippen LogP contribution in [0, 0.1) is 5.92 Å². The summed E-state index contributed by atoms with van der Waals surface area (Å²) in [6.45, 7) is 8.16. The van der Waals surface area contributed by atoms with Crippen molar-refractivity contribution in [2.24, 2.45) is 5.92 Å². The molecule has 7 nitrogen and oxygen atoms in total. The molecule has 3 amide bonds. The third-order valence-electron chi connectivity index (χ3n) is 4.06. The van der Waals surface area contributed by atoms with Gasteiger partial charge in [0.2, 0.25) is 0 Å². The summed E-state index contributed by atoms with van der Waals surface area (Å²) in [5.41, 5.74) is 0.835. The molecule has 0 fully saturated rings. The van der Waals surface area contributed by atoms with Gasteiger partial charge in [-0.2, -0.15) is 0 Å². The molecular formula is C19H29N3O4. The summed E-state index contributed by atoms with van der Waals surface area (Å²) in [5.74, 6) is -1.78. The van der Waals surface area contributed by atoms with E-state index in [2.05, 4.69) is 5.32 Å². The monoisotopic (exact) mass is 363 g/mol. The van der Waals surface area contributed by atoms with Crippen LogP contribution in [0.2, 0.25) is 0 Å². The van der Waals surface area contributed by atoms with Gasteiger partial charge in [-0.15, -0.1) is 0 Å². The predicted octanol–water partition coefficient (Wildman–Crippen LogP) is 3.13. The van der Waals surface area contributed by atoms with Crippen molar-refractivity contribution in [3.63, 3.8) is 0 Å². The second-order valence-corrected chi connectivity index (χ2v) is 6.69. The number of nitrogens with one attached hydrogen (secondary N) is 1. The van der Waals surface area contributed by atoms with E-state index in [9.17, 15) is 14.4 Å². The van der Waals surface area contributed by atoms with Crippen molar-refractivity contribution < 1.29 is 19.5 Å². The predicted molar refractivity (Wildman–Crippen MR) is 101 cm³/mol. The van der Waals surface area contributed by atoms with Gasteiger partial charge in [-0.25, -0.2) is 4.79 Å². The van der Waals surface area contributed by atoms with Crippen molar-refractivity contribution in [3.05, 3.63) is 29.8 Å². The van der Waals surface area contributed by atoms with Gasteiger partial charge in [-0.1, -0.05) is 26.0 Å². The molecule has 0 saturated heterocycles. The molecule has 0 bridgehead atoms. The fraction of sp³-hybridized carbons (Fsp3) is 0.526. The summed E-state index contributed by atoms with van der Waals surface area (Å²) < 4.78 is 0. The molecule has 1 atom stereocenters. The molecule has 7 heteroatoms. The van der Waals surface area contributed by atoms with E-state index < -0.39 is 17.9 Å². The largest absolute Gasteiger partial charge is 0.481 e. The van der Waals surface area contributed by atoms with Crippen molar-refractivity contribution in [3.8, 4) is 0 Å². The van der Waals surface area contributed by atoms with Gasteiger partial charge in [0.25, 0.3) is 5.91 Å². The number of carbonyl (C=O) groups excluding carboxylic acids is 2. The number of amides is 3. The van der Waals surface area contributed by atoms with Crippen molar-refractivity contribution in [1.82, 2.24) is 9.80 Å². The van der Waals surface area contributed by atoms with E-state index >= 15 is 0 Å². The zero-order valence-corrected chi connectivity index (χ0v) is 16.2. The van der Waals surface area contributed by atoms with Gasteiger partial charge >= 0.3 is 12.0 Å². The first-order chi connectivity index (χ1) is 12.2. The summed E-state index contributed by atoms with van der Waals surface area (Å²) in [7, 11) is 1.52. The Balaban J connectivity index is 2.97. The molecule has 2 N–H and O–H groups in total. The molecule has 0 saturated carbocycles. The van der Waals surface area contributed by atoms with E-state index in [0.29, 0.717) is 17.8 Å².